The molecule has 1 aliphatic rings. The Morgan fingerprint density at radius 3 is 2.87 bits per heavy atom. The van der Waals surface area contributed by atoms with Gasteiger partial charge in [-0.25, -0.2) is 4.98 Å². The van der Waals surface area contributed by atoms with E-state index in [1.165, 1.54) is 11.3 Å². The van der Waals surface area contributed by atoms with E-state index >= 15 is 0 Å². The second-order valence-corrected chi connectivity index (χ2v) is 7.78. The van der Waals surface area contributed by atoms with Crippen molar-refractivity contribution in [3.05, 3.63) is 26.6 Å². The molecule has 2 aromatic heterocycles. The first kappa shape index (κ1) is 16.2. The molecule has 2 aromatic rings. The van der Waals surface area contributed by atoms with Crippen molar-refractivity contribution >= 4 is 27.5 Å². The van der Waals surface area contributed by atoms with Crippen LogP contribution in [0.3, 0.4) is 0 Å². The molecule has 0 amide bonds. The van der Waals surface area contributed by atoms with E-state index in [-0.39, 0.29) is 5.56 Å². The van der Waals surface area contributed by atoms with Gasteiger partial charge >= 0.3 is 5.97 Å². The van der Waals surface area contributed by atoms with E-state index in [0.29, 0.717) is 34.9 Å². The minimum atomic E-state index is -0.834. The Morgan fingerprint density at radius 2 is 2.22 bits per heavy atom. The first-order chi connectivity index (χ1) is 10.9. The number of nitrogens with zero attached hydrogens (tertiary/aromatic N) is 2. The first-order valence-electron chi connectivity index (χ1n) is 8.15. The summed E-state index contributed by atoms with van der Waals surface area (Å²) in [5.41, 5.74) is 0.665. The highest BCUT2D eigenvalue weighted by Gasteiger charge is 2.32. The van der Waals surface area contributed by atoms with Gasteiger partial charge < -0.3 is 5.11 Å². The number of rotatable bonds is 4. The molecule has 0 saturated carbocycles. The van der Waals surface area contributed by atoms with Gasteiger partial charge in [0.2, 0.25) is 0 Å². The minimum absolute atomic E-state index is 0.0706. The van der Waals surface area contributed by atoms with Crippen LogP contribution in [0.1, 0.15) is 55.3 Å². The van der Waals surface area contributed by atoms with E-state index in [1.807, 2.05) is 6.92 Å². The number of aryl methyl sites for hydroxylation is 2. The van der Waals surface area contributed by atoms with Crippen LogP contribution in [0, 0.1) is 12.8 Å². The summed E-state index contributed by atoms with van der Waals surface area (Å²) in [7, 11) is 0. The van der Waals surface area contributed by atoms with Crippen LogP contribution in [-0.4, -0.2) is 20.6 Å². The summed E-state index contributed by atoms with van der Waals surface area (Å²) >= 11 is 1.49. The zero-order chi connectivity index (χ0) is 16.7. The van der Waals surface area contributed by atoms with Gasteiger partial charge in [-0.2, -0.15) is 0 Å². The van der Waals surface area contributed by atoms with Gasteiger partial charge in [-0.3, -0.25) is 14.2 Å². The fraction of sp³-hybridized carbons (Fsp3) is 0.588. The number of thiophene rings is 1. The molecule has 0 aromatic carbocycles. The second-order valence-electron chi connectivity index (χ2n) is 6.70. The van der Waals surface area contributed by atoms with E-state index < -0.39 is 11.9 Å². The number of fused-ring (bicyclic) bond motifs is 3. The number of hydrogen-bond acceptors (Lipinski definition) is 4. The molecule has 2 heterocycles. The maximum Gasteiger partial charge on any atom is 0.311 e. The van der Waals surface area contributed by atoms with Crippen molar-refractivity contribution in [2.24, 2.45) is 5.92 Å². The molecule has 0 saturated heterocycles. The lowest BCUT2D eigenvalue weighted by atomic mass is 9.86. The molecule has 0 aliphatic heterocycles. The van der Waals surface area contributed by atoms with Crippen LogP contribution in [-0.2, 0) is 17.8 Å². The third-order valence-corrected chi connectivity index (χ3v) is 5.75. The highest BCUT2D eigenvalue weighted by molar-refractivity contribution is 7.18. The Bertz CT molecular complexity index is 819. The molecule has 1 atom stereocenters. The number of carboxylic acid groups (broad SMARTS) is 1. The monoisotopic (exact) mass is 334 g/mol. The Morgan fingerprint density at radius 1 is 1.48 bits per heavy atom. The van der Waals surface area contributed by atoms with Crippen molar-refractivity contribution in [2.75, 3.05) is 0 Å². The molecule has 0 bridgehead atoms. The van der Waals surface area contributed by atoms with Crippen LogP contribution < -0.4 is 5.56 Å². The molecular formula is C17H22N2O3S. The van der Waals surface area contributed by atoms with E-state index in [2.05, 4.69) is 18.8 Å². The molecule has 3 rings (SSSR count). The van der Waals surface area contributed by atoms with Crippen LogP contribution in [0.2, 0.25) is 0 Å². The fourth-order valence-corrected chi connectivity index (χ4v) is 4.63. The van der Waals surface area contributed by atoms with Gasteiger partial charge in [0.15, 0.2) is 0 Å². The molecule has 124 valence electrons. The molecule has 23 heavy (non-hydrogen) atoms. The zero-order valence-electron chi connectivity index (χ0n) is 13.8. The van der Waals surface area contributed by atoms with Crippen molar-refractivity contribution in [1.29, 1.82) is 0 Å². The summed E-state index contributed by atoms with van der Waals surface area (Å²) in [5.74, 6) is -0.184. The smallest absolute Gasteiger partial charge is 0.311 e. The van der Waals surface area contributed by atoms with Crippen molar-refractivity contribution < 1.29 is 9.90 Å². The summed E-state index contributed by atoms with van der Waals surface area (Å²) in [6, 6.07) is 0. The summed E-state index contributed by atoms with van der Waals surface area (Å²) in [6.45, 7) is 6.74. The summed E-state index contributed by atoms with van der Waals surface area (Å²) in [4.78, 5) is 30.9. The lowest BCUT2D eigenvalue weighted by molar-refractivity contribution is -0.139. The third kappa shape index (κ3) is 2.80. The highest BCUT2D eigenvalue weighted by atomic mass is 32.1. The van der Waals surface area contributed by atoms with E-state index in [9.17, 15) is 14.7 Å². The molecule has 0 fully saturated rings. The van der Waals surface area contributed by atoms with Crippen LogP contribution >= 0.6 is 11.3 Å². The third-order valence-electron chi connectivity index (χ3n) is 4.59. The number of hydrogen-bond donors (Lipinski definition) is 1. The topological polar surface area (TPSA) is 72.2 Å². The normalized spacial score (nSPS) is 17.7. The molecule has 0 radical (unpaired) electrons. The van der Waals surface area contributed by atoms with Crippen LogP contribution in [0.4, 0.5) is 0 Å². The lowest BCUT2D eigenvalue weighted by Crippen LogP contribution is -2.26. The van der Waals surface area contributed by atoms with E-state index in [4.69, 9.17) is 0 Å². The van der Waals surface area contributed by atoms with Gasteiger partial charge in [-0.05, 0) is 44.1 Å². The predicted octanol–water partition coefficient (Wildman–Crippen LogP) is 3.32. The summed E-state index contributed by atoms with van der Waals surface area (Å²) < 4.78 is 1.71. The van der Waals surface area contributed by atoms with Gasteiger partial charge in [0.1, 0.15) is 10.7 Å². The van der Waals surface area contributed by atoms with E-state index in [1.54, 1.807) is 4.57 Å². The minimum Gasteiger partial charge on any atom is -0.481 e. The Labute approximate surface area is 139 Å². The standard InChI is InChI=1S/C17H22N2O3S/c1-9(2)7-8-19-10(3)18-15-14(16(19)20)13-11(17(21)22)5-4-6-12(13)23-15/h9,11H,4-8H2,1-3H3,(H,21,22). The molecule has 1 aliphatic carbocycles. The van der Waals surface area contributed by atoms with Gasteiger partial charge in [-0.15, -0.1) is 11.3 Å². The SMILES string of the molecule is Cc1nc2sc3c(c2c(=O)n1CCC(C)C)C(C(=O)O)CCC3. The molecule has 6 heteroatoms. The van der Waals surface area contributed by atoms with Gasteiger partial charge in [-0.1, -0.05) is 13.8 Å². The number of aromatic nitrogens is 2. The van der Waals surface area contributed by atoms with Crippen LogP contribution in [0.5, 0.6) is 0 Å². The predicted molar refractivity (Wildman–Crippen MR) is 91.4 cm³/mol. The average Bonchev–Trinajstić information content (AvgIpc) is 2.84. The second kappa shape index (κ2) is 6.07. The van der Waals surface area contributed by atoms with Crippen molar-refractivity contribution in [1.82, 2.24) is 9.55 Å². The molecule has 1 unspecified atom stereocenters. The number of carbonyl (C=O) groups is 1. The van der Waals surface area contributed by atoms with Gasteiger partial charge in [0.25, 0.3) is 5.56 Å². The largest absolute Gasteiger partial charge is 0.481 e. The lowest BCUT2D eigenvalue weighted by Gasteiger charge is -2.19. The van der Waals surface area contributed by atoms with Crippen molar-refractivity contribution in [3.63, 3.8) is 0 Å². The Hall–Kier alpha value is -1.69. The van der Waals surface area contributed by atoms with Gasteiger partial charge in [0.05, 0.1) is 11.3 Å². The van der Waals surface area contributed by atoms with Crippen molar-refractivity contribution in [3.8, 4) is 0 Å². The average molecular weight is 334 g/mol. The fourth-order valence-electron chi connectivity index (χ4n) is 3.31. The molecular weight excluding hydrogens is 312 g/mol. The number of carboxylic acids is 1. The molecule has 0 spiro atoms. The van der Waals surface area contributed by atoms with Crippen LogP contribution in [0.25, 0.3) is 10.2 Å². The Balaban J connectivity index is 2.21. The molecule has 1 N–H and O–H groups in total. The highest BCUT2D eigenvalue weighted by Crippen LogP contribution is 2.40. The zero-order valence-corrected chi connectivity index (χ0v) is 14.6. The summed E-state index contributed by atoms with van der Waals surface area (Å²) in [6.07, 6.45) is 3.22. The van der Waals surface area contributed by atoms with E-state index in [0.717, 1.165) is 29.7 Å². The maximum absolute atomic E-state index is 13.0. The summed E-state index contributed by atoms with van der Waals surface area (Å²) in [5, 5.41) is 10.1. The van der Waals surface area contributed by atoms with Gasteiger partial charge in [0, 0.05) is 11.4 Å². The molecule has 5 nitrogen and oxygen atoms in total. The first-order valence-corrected chi connectivity index (χ1v) is 8.97. The maximum atomic E-state index is 13.0. The Kier molecular flexibility index (Phi) is 4.27. The van der Waals surface area contributed by atoms with Crippen LogP contribution in [0.15, 0.2) is 4.79 Å². The van der Waals surface area contributed by atoms with Crippen molar-refractivity contribution in [2.45, 2.75) is 58.9 Å². The quantitative estimate of drug-likeness (QED) is 0.931. The number of aliphatic carboxylic acids is 1.